The zero-order chi connectivity index (χ0) is 11.4. The molecule has 1 saturated heterocycles. The molecule has 1 unspecified atom stereocenters. The Morgan fingerprint density at radius 1 is 1.44 bits per heavy atom. The van der Waals surface area contributed by atoms with Crippen LogP contribution in [0.1, 0.15) is 10.8 Å². The van der Waals surface area contributed by atoms with Gasteiger partial charge in [0.1, 0.15) is 7.11 Å². The van der Waals surface area contributed by atoms with Crippen LogP contribution in [0, 0.1) is 0 Å². The third kappa shape index (κ3) is 2.57. The molecular formula is C12H17N2OS+. The summed E-state index contributed by atoms with van der Waals surface area (Å²) in [6, 6.07) is 8.39. The fraction of sp³-hybridized carbons (Fsp3) is 0.417. The maximum Gasteiger partial charge on any atom is 0.256 e. The molecule has 3 nitrogen and oxygen atoms in total. The highest BCUT2D eigenvalue weighted by Gasteiger charge is 2.16. The Bertz CT molecular complexity index is 358. The van der Waals surface area contributed by atoms with Gasteiger partial charge in [0.15, 0.2) is 6.72 Å². The summed E-state index contributed by atoms with van der Waals surface area (Å²) in [5, 5.41) is 3.99. The van der Waals surface area contributed by atoms with Gasteiger partial charge in [0, 0.05) is 41.0 Å². The fourth-order valence-corrected chi connectivity index (χ4v) is 2.87. The monoisotopic (exact) mass is 237 g/mol. The Labute approximate surface area is 100 Å². The molecule has 0 radical (unpaired) electrons. The molecule has 0 aliphatic carbocycles. The van der Waals surface area contributed by atoms with Crippen molar-refractivity contribution in [2.24, 2.45) is 0 Å². The van der Waals surface area contributed by atoms with E-state index in [2.05, 4.69) is 24.2 Å². The van der Waals surface area contributed by atoms with E-state index in [1.807, 2.05) is 23.9 Å². The molecule has 0 bridgehead atoms. The molecular weight excluding hydrogens is 220 g/mol. The summed E-state index contributed by atoms with van der Waals surface area (Å²) in [7, 11) is 1.61. The van der Waals surface area contributed by atoms with Crippen molar-refractivity contribution in [3.63, 3.8) is 0 Å². The van der Waals surface area contributed by atoms with Gasteiger partial charge < -0.3 is 5.32 Å². The van der Waals surface area contributed by atoms with Gasteiger partial charge in [-0.3, -0.25) is 4.84 Å². The first-order valence-electron chi connectivity index (χ1n) is 5.38. The first-order chi connectivity index (χ1) is 7.81. The van der Waals surface area contributed by atoms with Crippen molar-refractivity contribution in [2.45, 2.75) is 5.25 Å². The minimum absolute atomic E-state index is 0.573. The summed E-state index contributed by atoms with van der Waals surface area (Å²) < 4.78 is 1.51. The highest BCUT2D eigenvalue weighted by Crippen LogP contribution is 2.30. The molecule has 1 fully saturated rings. The molecule has 1 aromatic carbocycles. The summed E-state index contributed by atoms with van der Waals surface area (Å²) in [5.41, 5.74) is 2.34. The van der Waals surface area contributed by atoms with E-state index in [0.29, 0.717) is 5.25 Å². The maximum absolute atomic E-state index is 5.03. The molecule has 1 heterocycles. The van der Waals surface area contributed by atoms with Crippen LogP contribution in [0.4, 0.5) is 5.69 Å². The molecule has 0 saturated carbocycles. The molecule has 4 heteroatoms. The number of hydrogen-bond acceptors (Lipinski definition) is 3. The minimum atomic E-state index is 0.573. The minimum Gasteiger partial charge on any atom is -0.314 e. The number of nitrogens with one attached hydrogen (secondary N) is 1. The van der Waals surface area contributed by atoms with Gasteiger partial charge in [-0.15, -0.1) is 0 Å². The van der Waals surface area contributed by atoms with Crippen LogP contribution in [0.25, 0.3) is 0 Å². The predicted octanol–water partition coefficient (Wildman–Crippen LogP) is 1.97. The van der Waals surface area contributed by atoms with Gasteiger partial charge in [0.2, 0.25) is 0 Å². The average molecular weight is 237 g/mol. The van der Waals surface area contributed by atoms with E-state index >= 15 is 0 Å². The van der Waals surface area contributed by atoms with Crippen LogP contribution in [0.5, 0.6) is 0 Å². The summed E-state index contributed by atoms with van der Waals surface area (Å²) in [4.78, 5) is 5.03. The van der Waals surface area contributed by atoms with E-state index in [0.717, 1.165) is 18.8 Å². The molecule has 2 rings (SSSR count). The molecule has 0 amide bonds. The smallest absolute Gasteiger partial charge is 0.256 e. The third-order valence-electron chi connectivity index (χ3n) is 2.70. The normalized spacial score (nSPS) is 20.4. The second-order valence-electron chi connectivity index (χ2n) is 3.72. The van der Waals surface area contributed by atoms with Crippen molar-refractivity contribution in [3.05, 3.63) is 29.8 Å². The number of rotatable bonds is 3. The second kappa shape index (κ2) is 5.37. The van der Waals surface area contributed by atoms with Crippen LogP contribution >= 0.6 is 11.8 Å². The van der Waals surface area contributed by atoms with Crippen LogP contribution in [-0.2, 0) is 4.84 Å². The van der Waals surface area contributed by atoms with Gasteiger partial charge in [0.05, 0.1) is 0 Å². The van der Waals surface area contributed by atoms with E-state index < -0.39 is 0 Å². The van der Waals surface area contributed by atoms with Crippen molar-refractivity contribution in [3.8, 4) is 0 Å². The molecule has 1 N–H and O–H groups in total. The summed E-state index contributed by atoms with van der Waals surface area (Å²) in [6.07, 6.45) is 0. The van der Waals surface area contributed by atoms with E-state index in [9.17, 15) is 0 Å². The van der Waals surface area contributed by atoms with Crippen molar-refractivity contribution in [2.75, 3.05) is 26.0 Å². The Morgan fingerprint density at radius 3 is 2.75 bits per heavy atom. The lowest BCUT2D eigenvalue weighted by Crippen LogP contribution is -2.28. The zero-order valence-corrected chi connectivity index (χ0v) is 10.3. The first-order valence-corrected chi connectivity index (χ1v) is 6.43. The van der Waals surface area contributed by atoms with Crippen LogP contribution in [0.2, 0.25) is 0 Å². The quantitative estimate of drug-likeness (QED) is 0.494. The molecule has 16 heavy (non-hydrogen) atoms. The lowest BCUT2D eigenvalue weighted by Gasteiger charge is -2.22. The number of benzene rings is 1. The lowest BCUT2D eigenvalue weighted by atomic mass is 10.1. The van der Waals surface area contributed by atoms with Gasteiger partial charge in [-0.25, -0.2) is 0 Å². The van der Waals surface area contributed by atoms with Gasteiger partial charge in [-0.1, -0.05) is 12.1 Å². The summed E-state index contributed by atoms with van der Waals surface area (Å²) in [6.45, 7) is 5.94. The summed E-state index contributed by atoms with van der Waals surface area (Å²) in [5.74, 6) is 1.19. The van der Waals surface area contributed by atoms with E-state index in [1.54, 1.807) is 7.11 Å². The molecule has 86 valence electrons. The highest BCUT2D eigenvalue weighted by atomic mass is 32.2. The second-order valence-corrected chi connectivity index (χ2v) is 5.03. The Morgan fingerprint density at radius 2 is 2.19 bits per heavy atom. The average Bonchev–Trinajstić information content (AvgIpc) is 2.39. The standard InChI is InChI=1S/C12H17N2OS/c1-14(15-2)11-5-3-10(4-6-11)12-9-13-7-8-16-12/h3-6,12-13H,1,7-9H2,2H3/q+1. The van der Waals surface area contributed by atoms with Crippen molar-refractivity contribution < 1.29 is 9.58 Å². The molecule has 0 aromatic heterocycles. The van der Waals surface area contributed by atoms with Crippen LogP contribution in [-0.4, -0.2) is 37.4 Å². The van der Waals surface area contributed by atoms with Crippen molar-refractivity contribution >= 4 is 24.2 Å². The Hall–Kier alpha value is -1.00. The number of nitrogens with zero attached hydrogens (tertiary/aromatic N) is 1. The topological polar surface area (TPSA) is 24.3 Å². The third-order valence-corrected chi connectivity index (χ3v) is 3.98. The van der Waals surface area contributed by atoms with Gasteiger partial charge in [-0.2, -0.15) is 11.8 Å². The van der Waals surface area contributed by atoms with Crippen LogP contribution in [0.3, 0.4) is 0 Å². The first kappa shape index (κ1) is 11.5. The highest BCUT2D eigenvalue weighted by molar-refractivity contribution is 7.99. The zero-order valence-electron chi connectivity index (χ0n) is 9.48. The largest absolute Gasteiger partial charge is 0.314 e. The molecule has 1 aromatic rings. The number of thioether (sulfide) groups is 1. The maximum atomic E-state index is 5.03. The fourth-order valence-electron chi connectivity index (χ4n) is 1.74. The van der Waals surface area contributed by atoms with Crippen LogP contribution < -0.4 is 5.32 Å². The Kier molecular flexibility index (Phi) is 3.85. The van der Waals surface area contributed by atoms with Gasteiger partial charge in [-0.05, 0) is 5.56 Å². The van der Waals surface area contributed by atoms with Crippen LogP contribution in [0.15, 0.2) is 24.3 Å². The summed E-state index contributed by atoms with van der Waals surface area (Å²) >= 11 is 2.01. The van der Waals surface area contributed by atoms with E-state index in [4.69, 9.17) is 4.84 Å². The predicted molar refractivity (Wildman–Crippen MR) is 68.6 cm³/mol. The molecule has 1 aliphatic heterocycles. The SMILES string of the molecule is C=[N+](OC)c1ccc(C2CNCCS2)cc1. The van der Waals surface area contributed by atoms with E-state index in [1.165, 1.54) is 16.1 Å². The van der Waals surface area contributed by atoms with Crippen molar-refractivity contribution in [1.29, 1.82) is 0 Å². The number of hydrogen-bond donors (Lipinski definition) is 1. The van der Waals surface area contributed by atoms with Crippen molar-refractivity contribution in [1.82, 2.24) is 5.32 Å². The molecule has 1 aliphatic rings. The van der Waals surface area contributed by atoms with E-state index in [-0.39, 0.29) is 0 Å². The van der Waals surface area contributed by atoms with Gasteiger partial charge >= 0.3 is 0 Å². The lowest BCUT2D eigenvalue weighted by molar-refractivity contribution is -0.714. The molecule has 0 spiro atoms. The van der Waals surface area contributed by atoms with Gasteiger partial charge in [0.25, 0.3) is 5.69 Å². The molecule has 1 atom stereocenters. The Balaban J connectivity index is 2.09.